The summed E-state index contributed by atoms with van der Waals surface area (Å²) >= 11 is 1.61. The maximum atomic E-state index is 11.5. The summed E-state index contributed by atoms with van der Waals surface area (Å²) in [5.41, 5.74) is 0.610. The highest BCUT2D eigenvalue weighted by Gasteiger charge is 2.15. The Bertz CT molecular complexity index is 612. The first-order chi connectivity index (χ1) is 13.9. The van der Waals surface area contributed by atoms with Crippen LogP contribution in [0.5, 0.6) is 5.75 Å². The van der Waals surface area contributed by atoms with E-state index in [0.717, 1.165) is 16.3 Å². The van der Waals surface area contributed by atoms with Crippen LogP contribution in [0.4, 0.5) is 9.18 Å². The van der Waals surface area contributed by atoms with Crippen molar-refractivity contribution in [1.29, 1.82) is 0 Å². The minimum absolute atomic E-state index is 0.398. The monoisotopic (exact) mass is 428 g/mol. The van der Waals surface area contributed by atoms with Gasteiger partial charge in [0, 0.05) is 23.7 Å². The lowest BCUT2D eigenvalue weighted by molar-refractivity contribution is 0.0525. The van der Waals surface area contributed by atoms with Gasteiger partial charge in [-0.1, -0.05) is 27.7 Å². The van der Waals surface area contributed by atoms with Crippen molar-refractivity contribution in [2.75, 3.05) is 20.3 Å². The molecule has 0 aliphatic carbocycles. The highest BCUT2D eigenvalue weighted by atomic mass is 32.1. The molecule has 0 aliphatic heterocycles. The molecule has 2 rings (SSSR count). The summed E-state index contributed by atoms with van der Waals surface area (Å²) in [7, 11) is 0.500. The lowest BCUT2D eigenvalue weighted by Gasteiger charge is -2.19. The Hall–Kier alpha value is -2.15. The van der Waals surface area contributed by atoms with E-state index in [2.05, 4.69) is 10.3 Å². The first-order valence-electron chi connectivity index (χ1n) is 9.91. The van der Waals surface area contributed by atoms with Gasteiger partial charge in [0.05, 0.1) is 13.8 Å². The van der Waals surface area contributed by atoms with Gasteiger partial charge in [-0.05, 0) is 51.5 Å². The number of alkyl carbamates (subject to hydrolysis) is 1. The molecule has 2 aromatic rings. The number of aromatic nitrogens is 1. The number of benzene rings is 1. The van der Waals surface area contributed by atoms with E-state index in [4.69, 9.17) is 9.47 Å². The van der Waals surface area contributed by atoms with Crippen molar-refractivity contribution in [3.63, 3.8) is 0 Å². The number of hydrogen-bond acceptors (Lipinski definition) is 5. The van der Waals surface area contributed by atoms with Crippen LogP contribution < -0.4 is 10.1 Å². The van der Waals surface area contributed by atoms with Crippen LogP contribution in [0.1, 0.15) is 54.9 Å². The van der Waals surface area contributed by atoms with E-state index >= 15 is 0 Å². The molecular formula is C22H37FN2O3S. The molecule has 0 aliphatic rings. The molecule has 0 radical (unpaired) electrons. The molecule has 0 atom stereocenters. The van der Waals surface area contributed by atoms with E-state index in [1.54, 1.807) is 17.5 Å². The van der Waals surface area contributed by atoms with Gasteiger partial charge in [-0.3, -0.25) is 4.39 Å². The fourth-order valence-corrected chi connectivity index (χ4v) is 2.47. The quantitative estimate of drug-likeness (QED) is 0.517. The van der Waals surface area contributed by atoms with Crippen LogP contribution >= 0.6 is 11.3 Å². The Morgan fingerprint density at radius 2 is 1.69 bits per heavy atom. The van der Waals surface area contributed by atoms with E-state index < -0.39 is 11.7 Å². The first kappa shape index (κ1) is 29.1. The van der Waals surface area contributed by atoms with Crippen LogP contribution in [0.2, 0.25) is 0 Å². The van der Waals surface area contributed by atoms with Crippen molar-refractivity contribution in [3.8, 4) is 16.3 Å². The molecule has 0 saturated carbocycles. The van der Waals surface area contributed by atoms with Gasteiger partial charge in [-0.25, -0.2) is 9.78 Å². The number of nitrogens with one attached hydrogen (secondary N) is 1. The second-order valence-corrected chi connectivity index (χ2v) is 6.89. The molecule has 7 heteroatoms. The van der Waals surface area contributed by atoms with Crippen molar-refractivity contribution in [2.24, 2.45) is 0 Å². The number of halogens is 1. The molecule has 1 amide bonds. The maximum Gasteiger partial charge on any atom is 0.407 e. The van der Waals surface area contributed by atoms with Crippen molar-refractivity contribution in [1.82, 2.24) is 10.3 Å². The Balaban J connectivity index is 0. The van der Waals surface area contributed by atoms with E-state index in [0.29, 0.717) is 26.7 Å². The lowest BCUT2D eigenvalue weighted by Crippen LogP contribution is -2.33. The number of rotatable bonds is 6. The predicted octanol–water partition coefficient (Wildman–Crippen LogP) is 6.74. The third-order valence-electron chi connectivity index (χ3n) is 2.79. The number of carbonyl (C=O) groups is 1. The topological polar surface area (TPSA) is 60.5 Å². The second-order valence-electron chi connectivity index (χ2n) is 5.99. The molecular weight excluding hydrogens is 391 g/mol. The van der Waals surface area contributed by atoms with Crippen LogP contribution in [0.25, 0.3) is 10.6 Å². The number of hydrogen-bond donors (Lipinski definition) is 1. The standard InChI is InChI=1S/C17H22N2O3S.2C2H6.CH3F/c1-17(2,3)22-16(20)19-9-4-11-21-14-7-5-13(6-8-14)15-18-10-12-23-15;3*1-2/h5-8,10,12H,4,9,11H2,1-3H3,(H,19,20);2*1-2H3;1H3. The van der Waals surface area contributed by atoms with Gasteiger partial charge in [-0.2, -0.15) is 0 Å². The Labute approximate surface area is 179 Å². The zero-order chi connectivity index (χ0) is 22.7. The molecule has 29 heavy (non-hydrogen) atoms. The fourth-order valence-electron chi connectivity index (χ4n) is 1.83. The largest absolute Gasteiger partial charge is 0.494 e. The van der Waals surface area contributed by atoms with Crippen LogP contribution in [0, 0.1) is 0 Å². The number of amides is 1. The highest BCUT2D eigenvalue weighted by Crippen LogP contribution is 2.24. The third kappa shape index (κ3) is 14.5. The minimum atomic E-state index is -0.472. The van der Waals surface area contributed by atoms with E-state index in [1.165, 1.54) is 0 Å². The molecule has 0 unspecified atom stereocenters. The summed E-state index contributed by atoms with van der Waals surface area (Å²) in [6.07, 6.45) is 2.11. The minimum Gasteiger partial charge on any atom is -0.494 e. The zero-order valence-corrected chi connectivity index (χ0v) is 19.9. The van der Waals surface area contributed by atoms with Crippen LogP contribution in [-0.2, 0) is 4.74 Å². The average Bonchev–Trinajstić information content (AvgIpc) is 3.26. The summed E-state index contributed by atoms with van der Waals surface area (Å²) in [6, 6.07) is 7.84. The number of carbonyl (C=O) groups excluding carboxylic acids is 1. The molecule has 1 aromatic heterocycles. The summed E-state index contributed by atoms with van der Waals surface area (Å²) in [6.45, 7) is 14.6. The van der Waals surface area contributed by atoms with E-state index in [9.17, 15) is 9.18 Å². The summed E-state index contributed by atoms with van der Waals surface area (Å²) in [4.78, 5) is 15.7. The van der Waals surface area contributed by atoms with Crippen LogP contribution in [0.3, 0.4) is 0 Å². The zero-order valence-electron chi connectivity index (χ0n) is 19.0. The van der Waals surface area contributed by atoms with Gasteiger partial charge in [0.1, 0.15) is 16.4 Å². The molecule has 1 heterocycles. The van der Waals surface area contributed by atoms with Crippen molar-refractivity contribution >= 4 is 17.4 Å². The summed E-state index contributed by atoms with van der Waals surface area (Å²) < 4.78 is 20.3. The third-order valence-corrected chi connectivity index (χ3v) is 3.61. The van der Waals surface area contributed by atoms with Gasteiger partial charge in [0.2, 0.25) is 0 Å². The predicted molar refractivity (Wildman–Crippen MR) is 122 cm³/mol. The van der Waals surface area contributed by atoms with Gasteiger partial charge in [0.15, 0.2) is 0 Å². The SMILES string of the molecule is CC.CC.CC(C)(C)OC(=O)NCCCOc1ccc(-c2nccs2)cc1.CF. The van der Waals surface area contributed by atoms with Gasteiger partial charge in [-0.15, -0.1) is 11.3 Å². The molecule has 0 spiro atoms. The first-order valence-corrected chi connectivity index (χ1v) is 10.8. The van der Waals surface area contributed by atoms with Crippen molar-refractivity contribution < 1.29 is 18.7 Å². The van der Waals surface area contributed by atoms with Crippen LogP contribution in [-0.4, -0.2) is 37.0 Å². The Morgan fingerprint density at radius 1 is 1.10 bits per heavy atom. The van der Waals surface area contributed by atoms with E-state index in [1.807, 2.05) is 78.1 Å². The number of nitrogens with zero attached hydrogens (tertiary/aromatic N) is 1. The molecule has 166 valence electrons. The van der Waals surface area contributed by atoms with Gasteiger partial charge < -0.3 is 14.8 Å². The maximum absolute atomic E-state index is 11.5. The van der Waals surface area contributed by atoms with Crippen molar-refractivity contribution in [3.05, 3.63) is 35.8 Å². The Kier molecular flexibility index (Phi) is 17.9. The molecule has 1 N–H and O–H groups in total. The van der Waals surface area contributed by atoms with Gasteiger partial charge in [0.25, 0.3) is 0 Å². The average molecular weight is 429 g/mol. The molecule has 0 bridgehead atoms. The smallest absolute Gasteiger partial charge is 0.407 e. The van der Waals surface area contributed by atoms with Crippen molar-refractivity contribution in [2.45, 2.75) is 60.5 Å². The molecule has 0 saturated heterocycles. The van der Waals surface area contributed by atoms with Crippen LogP contribution in [0.15, 0.2) is 35.8 Å². The Morgan fingerprint density at radius 3 is 2.17 bits per heavy atom. The highest BCUT2D eigenvalue weighted by molar-refractivity contribution is 7.13. The lowest BCUT2D eigenvalue weighted by atomic mass is 10.2. The van der Waals surface area contributed by atoms with Gasteiger partial charge >= 0.3 is 6.09 Å². The second kappa shape index (κ2) is 17.9. The normalized spacial score (nSPS) is 9.41. The number of thiazole rings is 1. The fraction of sp³-hybridized carbons (Fsp3) is 0.545. The molecule has 0 fully saturated rings. The molecule has 5 nitrogen and oxygen atoms in total. The van der Waals surface area contributed by atoms with E-state index in [-0.39, 0.29) is 0 Å². The molecule has 1 aromatic carbocycles. The number of alkyl halides is 1. The number of ether oxygens (including phenoxy) is 2. The summed E-state index contributed by atoms with van der Waals surface area (Å²) in [5, 5.41) is 5.66. The summed E-state index contributed by atoms with van der Waals surface area (Å²) in [5.74, 6) is 0.808.